The molecule has 3 aromatic rings. The first kappa shape index (κ1) is 29.9. The molecule has 0 spiro atoms. The second kappa shape index (κ2) is 11.6. The zero-order valence-electron chi connectivity index (χ0n) is 22.8. The van der Waals surface area contributed by atoms with E-state index in [2.05, 4.69) is 20.3 Å². The number of aromatic nitrogens is 3. The molecule has 2 fully saturated rings. The lowest BCUT2D eigenvalue weighted by molar-refractivity contribution is -0.152. The molecule has 0 amide bonds. The number of carboxylic acid groups (broad SMARTS) is 1. The van der Waals surface area contributed by atoms with Crippen molar-refractivity contribution < 1.29 is 36.6 Å². The Hall–Kier alpha value is -3.59. The topological polar surface area (TPSA) is 104 Å². The molecule has 4 heterocycles. The highest BCUT2D eigenvalue weighted by atomic mass is 32.1. The van der Waals surface area contributed by atoms with Gasteiger partial charge in [-0.05, 0) is 38.0 Å². The van der Waals surface area contributed by atoms with Gasteiger partial charge in [0, 0.05) is 57.8 Å². The standard InChI is InChI=1S/C27H29F5N6O3S/c1-15-33-20(13-21(34-15)37-8-5-26(29,6-9-37)24(39)40)35-25-36-22(16-10-17(27(30,31)32)12-18(28)11-16)23(42-25)38-7-3-4-19(14-38)41-2/h10-13,19H,3-9,14H2,1-2H3,(H,39,40)(H,33,34,35,36)/t19-/m0/s1. The molecule has 1 aromatic carbocycles. The number of hydrogen-bond donors (Lipinski definition) is 2. The second-order valence-electron chi connectivity index (χ2n) is 10.4. The molecule has 2 aromatic heterocycles. The predicted molar refractivity (Wildman–Crippen MR) is 148 cm³/mol. The third kappa shape index (κ3) is 6.41. The molecule has 5 rings (SSSR count). The Labute approximate surface area is 242 Å². The number of piperidine rings is 2. The van der Waals surface area contributed by atoms with Crippen molar-refractivity contribution in [3.63, 3.8) is 0 Å². The largest absolute Gasteiger partial charge is 0.479 e. The Morgan fingerprint density at radius 1 is 1.12 bits per heavy atom. The normalized spacial score (nSPS) is 19.2. The van der Waals surface area contributed by atoms with E-state index in [9.17, 15) is 31.9 Å². The zero-order valence-corrected chi connectivity index (χ0v) is 23.7. The Bertz CT molecular complexity index is 1460. The first-order valence-corrected chi connectivity index (χ1v) is 14.1. The summed E-state index contributed by atoms with van der Waals surface area (Å²) in [6.45, 7) is 3.05. The number of aryl methyl sites for hydroxylation is 1. The van der Waals surface area contributed by atoms with E-state index in [0.29, 0.717) is 46.7 Å². The zero-order chi connectivity index (χ0) is 30.2. The van der Waals surface area contributed by atoms with Crippen LogP contribution < -0.4 is 15.1 Å². The van der Waals surface area contributed by atoms with Gasteiger partial charge in [0.15, 0.2) is 5.13 Å². The summed E-state index contributed by atoms with van der Waals surface area (Å²) in [7, 11) is 1.60. The van der Waals surface area contributed by atoms with Crippen molar-refractivity contribution >= 4 is 39.1 Å². The number of benzene rings is 1. The van der Waals surface area contributed by atoms with Gasteiger partial charge in [-0.25, -0.2) is 28.5 Å². The van der Waals surface area contributed by atoms with Crippen LogP contribution in [0.5, 0.6) is 0 Å². The maximum absolute atomic E-state index is 14.6. The summed E-state index contributed by atoms with van der Waals surface area (Å²) in [5.41, 5.74) is -3.22. The van der Waals surface area contributed by atoms with Crippen LogP contribution >= 0.6 is 11.3 Å². The first-order chi connectivity index (χ1) is 19.8. The molecule has 0 saturated carbocycles. The van der Waals surface area contributed by atoms with Gasteiger partial charge in [-0.3, -0.25) is 0 Å². The van der Waals surface area contributed by atoms with Crippen LogP contribution in [0.15, 0.2) is 24.3 Å². The number of ether oxygens (including phenoxy) is 1. The summed E-state index contributed by atoms with van der Waals surface area (Å²) in [5, 5.41) is 13.2. The molecule has 15 heteroatoms. The number of carbonyl (C=O) groups is 1. The molecule has 2 N–H and O–H groups in total. The van der Waals surface area contributed by atoms with E-state index in [1.807, 2.05) is 4.90 Å². The summed E-state index contributed by atoms with van der Waals surface area (Å²) < 4.78 is 75.1. The molecule has 42 heavy (non-hydrogen) atoms. The minimum atomic E-state index is -4.74. The summed E-state index contributed by atoms with van der Waals surface area (Å²) in [5.74, 6) is -1.32. The fraction of sp³-hybridized carbons (Fsp3) is 0.481. The van der Waals surface area contributed by atoms with E-state index in [1.165, 1.54) is 11.3 Å². The van der Waals surface area contributed by atoms with Crippen LogP contribution in [0.1, 0.15) is 37.1 Å². The van der Waals surface area contributed by atoms with E-state index in [-0.39, 0.29) is 43.3 Å². The van der Waals surface area contributed by atoms with Gasteiger partial charge in [0.2, 0.25) is 5.67 Å². The van der Waals surface area contributed by atoms with E-state index in [0.717, 1.165) is 25.0 Å². The van der Waals surface area contributed by atoms with E-state index in [1.54, 1.807) is 25.0 Å². The molecular weight excluding hydrogens is 583 g/mol. The van der Waals surface area contributed by atoms with Crippen molar-refractivity contribution in [1.82, 2.24) is 15.0 Å². The molecule has 0 bridgehead atoms. The number of nitrogens with one attached hydrogen (secondary N) is 1. The summed E-state index contributed by atoms with van der Waals surface area (Å²) in [6, 6.07) is 3.98. The molecule has 0 aliphatic carbocycles. The van der Waals surface area contributed by atoms with Gasteiger partial charge >= 0.3 is 12.1 Å². The Balaban J connectivity index is 1.48. The average molecular weight is 613 g/mol. The fourth-order valence-electron chi connectivity index (χ4n) is 5.16. The first-order valence-electron chi connectivity index (χ1n) is 13.3. The van der Waals surface area contributed by atoms with Gasteiger partial charge in [0.05, 0.1) is 11.7 Å². The number of methoxy groups -OCH3 is 1. The van der Waals surface area contributed by atoms with Crippen LogP contribution in [0.3, 0.4) is 0 Å². The van der Waals surface area contributed by atoms with Crippen molar-refractivity contribution in [3.05, 3.63) is 41.5 Å². The van der Waals surface area contributed by atoms with Crippen LogP contribution in [0.4, 0.5) is 43.7 Å². The molecule has 9 nitrogen and oxygen atoms in total. The quantitative estimate of drug-likeness (QED) is 0.320. The molecule has 2 aliphatic heterocycles. The molecule has 2 aliphatic rings. The SMILES string of the molecule is CO[C@H]1CCCN(c2sc(Nc3cc(N4CCC(F)(C(=O)O)CC4)nc(C)n3)nc2-c2cc(F)cc(C(F)(F)F)c2)C1. The van der Waals surface area contributed by atoms with Gasteiger partial charge in [-0.2, -0.15) is 13.2 Å². The highest BCUT2D eigenvalue weighted by molar-refractivity contribution is 7.20. The molecule has 0 unspecified atom stereocenters. The van der Waals surface area contributed by atoms with Crippen LogP contribution in [0.25, 0.3) is 11.3 Å². The third-order valence-corrected chi connectivity index (χ3v) is 8.46. The number of hydrogen-bond acceptors (Lipinski definition) is 9. The Morgan fingerprint density at radius 3 is 2.52 bits per heavy atom. The lowest BCUT2D eigenvalue weighted by Crippen LogP contribution is -2.46. The van der Waals surface area contributed by atoms with Crippen molar-refractivity contribution in [2.24, 2.45) is 0 Å². The van der Waals surface area contributed by atoms with Crippen LogP contribution in [0, 0.1) is 12.7 Å². The van der Waals surface area contributed by atoms with Crippen LogP contribution in [-0.4, -0.2) is 71.1 Å². The number of anilines is 4. The number of aliphatic carboxylic acids is 1. The smallest absolute Gasteiger partial charge is 0.416 e. The number of thiazole rings is 1. The molecule has 2 saturated heterocycles. The van der Waals surface area contributed by atoms with Gasteiger partial charge < -0.3 is 25.0 Å². The Kier molecular flexibility index (Phi) is 8.25. The fourth-order valence-corrected chi connectivity index (χ4v) is 6.20. The van der Waals surface area contributed by atoms with Crippen molar-refractivity contribution in [2.75, 3.05) is 48.4 Å². The summed E-state index contributed by atoms with van der Waals surface area (Å²) >= 11 is 1.19. The third-order valence-electron chi connectivity index (χ3n) is 7.43. The average Bonchev–Trinajstić information content (AvgIpc) is 3.36. The van der Waals surface area contributed by atoms with Crippen molar-refractivity contribution in [2.45, 2.75) is 50.6 Å². The van der Waals surface area contributed by atoms with Crippen LogP contribution in [-0.2, 0) is 15.7 Å². The maximum atomic E-state index is 14.6. The second-order valence-corrected chi connectivity index (χ2v) is 11.4. The number of carboxylic acids is 1. The van der Waals surface area contributed by atoms with Gasteiger partial charge in [-0.15, -0.1) is 0 Å². The number of alkyl halides is 4. The van der Waals surface area contributed by atoms with Gasteiger partial charge in [-0.1, -0.05) is 11.3 Å². The van der Waals surface area contributed by atoms with E-state index in [4.69, 9.17) is 4.74 Å². The minimum absolute atomic E-state index is 0.0119. The van der Waals surface area contributed by atoms with E-state index < -0.39 is 29.2 Å². The van der Waals surface area contributed by atoms with Crippen LogP contribution in [0.2, 0.25) is 0 Å². The lowest BCUT2D eigenvalue weighted by Gasteiger charge is -2.34. The number of nitrogens with zero attached hydrogens (tertiary/aromatic N) is 5. The molecule has 1 atom stereocenters. The Morgan fingerprint density at radius 2 is 1.86 bits per heavy atom. The monoisotopic (exact) mass is 612 g/mol. The number of rotatable bonds is 7. The van der Waals surface area contributed by atoms with Crippen molar-refractivity contribution in [1.29, 1.82) is 0 Å². The highest BCUT2D eigenvalue weighted by Crippen LogP contribution is 2.43. The summed E-state index contributed by atoms with van der Waals surface area (Å²) in [6.07, 6.45) is -3.58. The summed E-state index contributed by atoms with van der Waals surface area (Å²) in [4.78, 5) is 28.4. The molecule has 0 radical (unpaired) electrons. The maximum Gasteiger partial charge on any atom is 0.416 e. The molecular formula is C27H29F5N6O3S. The van der Waals surface area contributed by atoms with Gasteiger partial charge in [0.1, 0.15) is 34.0 Å². The van der Waals surface area contributed by atoms with Gasteiger partial charge in [0.25, 0.3) is 0 Å². The minimum Gasteiger partial charge on any atom is -0.479 e. The number of halogens is 5. The van der Waals surface area contributed by atoms with Crippen molar-refractivity contribution in [3.8, 4) is 11.3 Å². The lowest BCUT2D eigenvalue weighted by atomic mass is 9.93. The van der Waals surface area contributed by atoms with E-state index >= 15 is 0 Å². The molecule has 226 valence electrons. The highest BCUT2D eigenvalue weighted by Gasteiger charge is 2.42. The predicted octanol–water partition coefficient (Wildman–Crippen LogP) is 5.82.